The summed E-state index contributed by atoms with van der Waals surface area (Å²) in [5.74, 6) is 0.443. The predicted molar refractivity (Wildman–Crippen MR) is 77.4 cm³/mol. The lowest BCUT2D eigenvalue weighted by Gasteiger charge is -2.27. The number of carbonyl (C=O) groups is 1. The third-order valence-electron chi connectivity index (χ3n) is 4.39. The molecule has 0 aromatic carbocycles. The maximum atomic E-state index is 12.2. The molecule has 0 aromatic rings. The SMILES string of the molecule is CCCNC1COCC1C(=O)NCC1CCCC(O)C1. The van der Waals surface area contributed by atoms with Gasteiger partial charge in [0.1, 0.15) is 0 Å². The highest BCUT2D eigenvalue weighted by Gasteiger charge is 2.33. The molecule has 1 aliphatic carbocycles. The van der Waals surface area contributed by atoms with Gasteiger partial charge in [-0.2, -0.15) is 0 Å². The first-order valence-corrected chi connectivity index (χ1v) is 7.97. The zero-order valence-corrected chi connectivity index (χ0v) is 12.4. The Morgan fingerprint density at radius 2 is 2.20 bits per heavy atom. The highest BCUT2D eigenvalue weighted by molar-refractivity contribution is 5.79. The van der Waals surface area contributed by atoms with Crippen LogP contribution in [0.15, 0.2) is 0 Å². The van der Waals surface area contributed by atoms with Gasteiger partial charge in [-0.25, -0.2) is 0 Å². The van der Waals surface area contributed by atoms with Crippen LogP contribution < -0.4 is 10.6 Å². The lowest BCUT2D eigenvalue weighted by molar-refractivity contribution is -0.125. The monoisotopic (exact) mass is 284 g/mol. The standard InChI is InChI=1S/C15H28N2O3/c1-2-6-16-14-10-20-9-13(14)15(19)17-8-11-4-3-5-12(18)7-11/h11-14,16,18H,2-10H2,1H3,(H,17,19). The van der Waals surface area contributed by atoms with Crippen molar-refractivity contribution in [2.75, 3.05) is 26.3 Å². The molecule has 116 valence electrons. The van der Waals surface area contributed by atoms with Crippen molar-refractivity contribution in [1.29, 1.82) is 0 Å². The van der Waals surface area contributed by atoms with Crippen LogP contribution >= 0.6 is 0 Å². The van der Waals surface area contributed by atoms with E-state index >= 15 is 0 Å². The molecule has 1 amide bonds. The van der Waals surface area contributed by atoms with Gasteiger partial charge < -0.3 is 20.5 Å². The number of rotatable bonds is 6. The molecule has 0 aromatic heterocycles. The number of hydrogen-bond donors (Lipinski definition) is 3. The quantitative estimate of drug-likeness (QED) is 0.670. The fraction of sp³-hybridized carbons (Fsp3) is 0.933. The number of nitrogens with one attached hydrogen (secondary N) is 2. The van der Waals surface area contributed by atoms with Gasteiger partial charge in [-0.1, -0.05) is 13.3 Å². The lowest BCUT2D eigenvalue weighted by atomic mass is 9.87. The van der Waals surface area contributed by atoms with E-state index < -0.39 is 0 Å². The zero-order valence-electron chi connectivity index (χ0n) is 12.4. The summed E-state index contributed by atoms with van der Waals surface area (Å²) in [4.78, 5) is 12.2. The Morgan fingerprint density at radius 3 is 2.95 bits per heavy atom. The molecule has 4 unspecified atom stereocenters. The molecule has 3 N–H and O–H groups in total. The minimum absolute atomic E-state index is 0.0740. The maximum Gasteiger partial charge on any atom is 0.227 e. The second-order valence-corrected chi connectivity index (χ2v) is 6.14. The summed E-state index contributed by atoms with van der Waals surface area (Å²) in [5.41, 5.74) is 0. The maximum absolute atomic E-state index is 12.2. The number of hydrogen-bond acceptors (Lipinski definition) is 4. The molecule has 0 bridgehead atoms. The largest absolute Gasteiger partial charge is 0.393 e. The van der Waals surface area contributed by atoms with E-state index in [0.29, 0.717) is 25.7 Å². The van der Waals surface area contributed by atoms with Gasteiger partial charge in [-0.3, -0.25) is 4.79 Å². The lowest BCUT2D eigenvalue weighted by Crippen LogP contribution is -2.45. The number of ether oxygens (including phenoxy) is 1. The normalized spacial score (nSPS) is 34.1. The third-order valence-corrected chi connectivity index (χ3v) is 4.39. The van der Waals surface area contributed by atoms with Crippen LogP contribution in [0.5, 0.6) is 0 Å². The third kappa shape index (κ3) is 4.43. The molecule has 20 heavy (non-hydrogen) atoms. The summed E-state index contributed by atoms with van der Waals surface area (Å²) in [6, 6.07) is 0.145. The first-order valence-electron chi connectivity index (χ1n) is 7.97. The first-order chi connectivity index (χ1) is 9.70. The Bertz CT molecular complexity index is 311. The van der Waals surface area contributed by atoms with Crippen LogP contribution in [0.3, 0.4) is 0 Å². The van der Waals surface area contributed by atoms with Crippen LogP contribution in [0.4, 0.5) is 0 Å². The summed E-state index contributed by atoms with van der Waals surface area (Å²) in [6.07, 6.45) is 4.78. The molecule has 1 aliphatic heterocycles. The smallest absolute Gasteiger partial charge is 0.227 e. The van der Waals surface area contributed by atoms with E-state index in [1.165, 1.54) is 0 Å². The molecule has 2 aliphatic rings. The van der Waals surface area contributed by atoms with Gasteiger partial charge in [0.05, 0.1) is 25.2 Å². The van der Waals surface area contributed by atoms with Gasteiger partial charge >= 0.3 is 0 Å². The van der Waals surface area contributed by atoms with Crippen molar-refractivity contribution >= 4 is 5.91 Å². The fourth-order valence-electron chi connectivity index (χ4n) is 3.17. The molecule has 1 saturated carbocycles. The van der Waals surface area contributed by atoms with Gasteiger partial charge in [-0.15, -0.1) is 0 Å². The van der Waals surface area contributed by atoms with Gasteiger partial charge in [-0.05, 0) is 38.1 Å². The molecule has 1 heterocycles. The Morgan fingerprint density at radius 1 is 1.35 bits per heavy atom. The van der Waals surface area contributed by atoms with E-state index in [0.717, 1.165) is 38.6 Å². The molecular weight excluding hydrogens is 256 g/mol. The van der Waals surface area contributed by atoms with Crippen molar-refractivity contribution in [3.05, 3.63) is 0 Å². The van der Waals surface area contributed by atoms with E-state index in [9.17, 15) is 9.90 Å². The van der Waals surface area contributed by atoms with E-state index in [1.807, 2.05) is 0 Å². The Balaban J connectivity index is 1.73. The van der Waals surface area contributed by atoms with E-state index in [4.69, 9.17) is 4.74 Å². The zero-order chi connectivity index (χ0) is 14.4. The van der Waals surface area contributed by atoms with Crippen LogP contribution in [0.2, 0.25) is 0 Å². The highest BCUT2D eigenvalue weighted by atomic mass is 16.5. The van der Waals surface area contributed by atoms with Crippen molar-refractivity contribution < 1.29 is 14.6 Å². The van der Waals surface area contributed by atoms with Gasteiger partial charge in [0, 0.05) is 12.6 Å². The summed E-state index contributed by atoms with van der Waals surface area (Å²) in [5, 5.41) is 16.1. The van der Waals surface area contributed by atoms with E-state index in [2.05, 4.69) is 17.6 Å². The Labute approximate surface area is 121 Å². The molecule has 5 nitrogen and oxygen atoms in total. The van der Waals surface area contributed by atoms with Crippen LogP contribution in [0.25, 0.3) is 0 Å². The number of aliphatic hydroxyl groups is 1. The topological polar surface area (TPSA) is 70.6 Å². The van der Waals surface area contributed by atoms with Gasteiger partial charge in [0.2, 0.25) is 5.91 Å². The second-order valence-electron chi connectivity index (χ2n) is 6.14. The van der Waals surface area contributed by atoms with E-state index in [-0.39, 0.29) is 24.0 Å². The molecule has 5 heteroatoms. The van der Waals surface area contributed by atoms with Crippen molar-refractivity contribution in [3.63, 3.8) is 0 Å². The first kappa shape index (κ1) is 15.7. The van der Waals surface area contributed by atoms with Gasteiger partial charge in [0.25, 0.3) is 0 Å². The number of aliphatic hydroxyl groups excluding tert-OH is 1. The van der Waals surface area contributed by atoms with Crippen LogP contribution in [0, 0.1) is 11.8 Å². The van der Waals surface area contributed by atoms with Crippen molar-refractivity contribution in [2.24, 2.45) is 11.8 Å². The molecule has 4 atom stereocenters. The van der Waals surface area contributed by atoms with Crippen LogP contribution in [-0.2, 0) is 9.53 Å². The van der Waals surface area contributed by atoms with Crippen molar-refractivity contribution in [1.82, 2.24) is 10.6 Å². The summed E-state index contributed by atoms with van der Waals surface area (Å²) in [7, 11) is 0. The van der Waals surface area contributed by atoms with Crippen LogP contribution in [-0.4, -0.2) is 49.5 Å². The van der Waals surface area contributed by atoms with Gasteiger partial charge in [0.15, 0.2) is 0 Å². The minimum Gasteiger partial charge on any atom is -0.393 e. The van der Waals surface area contributed by atoms with E-state index in [1.54, 1.807) is 0 Å². The Kier molecular flexibility index (Phi) is 6.26. The molecule has 0 spiro atoms. The molecular formula is C15H28N2O3. The number of amides is 1. The van der Waals surface area contributed by atoms with Crippen LogP contribution in [0.1, 0.15) is 39.0 Å². The molecule has 0 radical (unpaired) electrons. The summed E-state index contributed by atoms with van der Waals surface area (Å²) < 4.78 is 5.43. The highest BCUT2D eigenvalue weighted by Crippen LogP contribution is 2.23. The predicted octanol–water partition coefficient (Wildman–Crippen LogP) is 0.668. The average molecular weight is 284 g/mol. The fourth-order valence-corrected chi connectivity index (χ4v) is 3.17. The Hall–Kier alpha value is -0.650. The summed E-state index contributed by atoms with van der Waals surface area (Å²) in [6.45, 7) is 4.87. The second kappa shape index (κ2) is 7.96. The number of carbonyl (C=O) groups excluding carboxylic acids is 1. The summed E-state index contributed by atoms with van der Waals surface area (Å²) >= 11 is 0. The molecule has 2 fully saturated rings. The van der Waals surface area contributed by atoms with Crippen molar-refractivity contribution in [3.8, 4) is 0 Å². The minimum atomic E-state index is -0.181. The molecule has 1 saturated heterocycles. The molecule has 2 rings (SSSR count). The average Bonchev–Trinajstić information content (AvgIpc) is 2.91. The van der Waals surface area contributed by atoms with Crippen molar-refractivity contribution in [2.45, 2.75) is 51.2 Å².